The summed E-state index contributed by atoms with van der Waals surface area (Å²) in [5.74, 6) is 1.08. The first-order valence-corrected chi connectivity index (χ1v) is 9.54. The van der Waals surface area contributed by atoms with Crippen molar-refractivity contribution < 1.29 is 19.1 Å². The second-order valence-corrected chi connectivity index (χ2v) is 7.01. The number of carbonyl (C=O) groups is 1. The highest BCUT2D eigenvalue weighted by Gasteiger charge is 2.24. The molecule has 1 aromatic heterocycles. The van der Waals surface area contributed by atoms with E-state index in [0.717, 1.165) is 29.6 Å². The smallest absolute Gasteiger partial charge is 0.289 e. The lowest BCUT2D eigenvalue weighted by Crippen LogP contribution is -2.50. The molecule has 2 heterocycles. The van der Waals surface area contributed by atoms with Gasteiger partial charge in [-0.15, -0.1) is 12.4 Å². The number of carbonyl (C=O) groups excluding carboxylic acids is 1. The first-order chi connectivity index (χ1) is 13.7. The van der Waals surface area contributed by atoms with E-state index in [0.29, 0.717) is 25.4 Å². The molecule has 1 aliphatic heterocycles. The fraction of sp³-hybridized carbons (Fsp3) is 0.318. The number of hydrogen-bond acceptors (Lipinski definition) is 5. The number of aliphatic hydroxyl groups excluding tert-OH is 1. The molecule has 1 atom stereocenters. The van der Waals surface area contributed by atoms with Gasteiger partial charge in [0.15, 0.2) is 5.76 Å². The quantitative estimate of drug-likeness (QED) is 0.669. The van der Waals surface area contributed by atoms with Crippen LogP contribution < -0.4 is 4.74 Å². The van der Waals surface area contributed by atoms with Crippen LogP contribution in [0.25, 0.3) is 10.8 Å². The van der Waals surface area contributed by atoms with Gasteiger partial charge in [-0.05, 0) is 23.6 Å². The van der Waals surface area contributed by atoms with Gasteiger partial charge >= 0.3 is 0 Å². The van der Waals surface area contributed by atoms with Crippen molar-refractivity contribution in [2.24, 2.45) is 0 Å². The number of hydrogen-bond donors (Lipinski definition) is 1. The third-order valence-corrected chi connectivity index (χ3v) is 5.04. The summed E-state index contributed by atoms with van der Waals surface area (Å²) in [7, 11) is 0. The summed E-state index contributed by atoms with van der Waals surface area (Å²) >= 11 is 0. The minimum absolute atomic E-state index is 0. The lowest BCUT2D eigenvalue weighted by Gasteiger charge is -2.35. The summed E-state index contributed by atoms with van der Waals surface area (Å²) < 4.78 is 11.1. The third kappa shape index (κ3) is 5.09. The molecular formula is C22H25ClN2O4. The second-order valence-electron chi connectivity index (χ2n) is 7.01. The Kier molecular flexibility index (Phi) is 7.14. The molecule has 1 fully saturated rings. The van der Waals surface area contributed by atoms with E-state index in [-0.39, 0.29) is 24.9 Å². The molecule has 1 saturated heterocycles. The van der Waals surface area contributed by atoms with Crippen LogP contribution in [-0.4, -0.2) is 66.2 Å². The van der Waals surface area contributed by atoms with Gasteiger partial charge in [-0.2, -0.15) is 0 Å². The molecule has 0 bridgehead atoms. The van der Waals surface area contributed by atoms with Gasteiger partial charge < -0.3 is 19.2 Å². The van der Waals surface area contributed by atoms with Crippen LogP contribution in [0.4, 0.5) is 0 Å². The van der Waals surface area contributed by atoms with Crippen molar-refractivity contribution in [3.05, 3.63) is 66.6 Å². The number of β-amino-alcohol motifs (C(OH)–C–C–N with tert-alkyl or cyclic N) is 1. The number of furan rings is 1. The molecule has 0 saturated carbocycles. The van der Waals surface area contributed by atoms with Gasteiger partial charge in [0.05, 0.1) is 6.26 Å². The fourth-order valence-corrected chi connectivity index (χ4v) is 3.55. The Morgan fingerprint density at radius 1 is 1.03 bits per heavy atom. The van der Waals surface area contributed by atoms with Gasteiger partial charge in [-0.3, -0.25) is 9.69 Å². The second kappa shape index (κ2) is 9.78. The van der Waals surface area contributed by atoms with E-state index in [4.69, 9.17) is 9.15 Å². The van der Waals surface area contributed by atoms with Gasteiger partial charge in [0, 0.05) is 38.1 Å². The predicted octanol–water partition coefficient (Wildman–Crippen LogP) is 3.05. The largest absolute Gasteiger partial charge is 0.490 e. The van der Waals surface area contributed by atoms with Gasteiger partial charge in [-0.25, -0.2) is 0 Å². The number of ether oxygens (including phenoxy) is 1. The van der Waals surface area contributed by atoms with Crippen LogP contribution in [0.15, 0.2) is 65.3 Å². The molecule has 1 amide bonds. The maximum absolute atomic E-state index is 12.3. The highest BCUT2D eigenvalue weighted by Crippen LogP contribution is 2.25. The summed E-state index contributed by atoms with van der Waals surface area (Å²) in [5, 5.41) is 12.6. The van der Waals surface area contributed by atoms with Crippen LogP contribution >= 0.6 is 12.4 Å². The molecule has 7 heteroatoms. The summed E-state index contributed by atoms with van der Waals surface area (Å²) in [6.45, 7) is 3.44. The molecule has 0 radical (unpaired) electrons. The highest BCUT2D eigenvalue weighted by molar-refractivity contribution is 5.91. The zero-order valence-corrected chi connectivity index (χ0v) is 16.9. The molecule has 1 N–H and O–H groups in total. The van der Waals surface area contributed by atoms with E-state index in [1.807, 2.05) is 42.5 Å². The van der Waals surface area contributed by atoms with Crippen molar-refractivity contribution in [3.63, 3.8) is 0 Å². The number of fused-ring (bicyclic) bond motifs is 1. The van der Waals surface area contributed by atoms with Crippen LogP contribution in [0.5, 0.6) is 5.75 Å². The van der Waals surface area contributed by atoms with Gasteiger partial charge in [-0.1, -0.05) is 36.4 Å². The normalized spacial score (nSPS) is 15.7. The van der Waals surface area contributed by atoms with Crippen molar-refractivity contribution in [2.75, 3.05) is 39.3 Å². The maximum atomic E-state index is 12.3. The molecule has 1 aliphatic rings. The lowest BCUT2D eigenvalue weighted by molar-refractivity contribution is 0.0391. The van der Waals surface area contributed by atoms with Crippen molar-refractivity contribution in [1.82, 2.24) is 9.80 Å². The average molecular weight is 417 g/mol. The zero-order chi connectivity index (χ0) is 19.3. The Morgan fingerprint density at radius 2 is 1.79 bits per heavy atom. The Bertz CT molecular complexity index is 918. The maximum Gasteiger partial charge on any atom is 0.289 e. The molecule has 29 heavy (non-hydrogen) atoms. The minimum atomic E-state index is -0.591. The summed E-state index contributed by atoms with van der Waals surface area (Å²) in [5.41, 5.74) is 0. The molecule has 154 valence electrons. The van der Waals surface area contributed by atoms with E-state index >= 15 is 0 Å². The molecule has 6 nitrogen and oxygen atoms in total. The number of halogens is 1. The number of piperazine rings is 1. The topological polar surface area (TPSA) is 66.2 Å². The van der Waals surface area contributed by atoms with Crippen LogP contribution in [0.2, 0.25) is 0 Å². The highest BCUT2D eigenvalue weighted by atomic mass is 35.5. The Morgan fingerprint density at radius 3 is 2.55 bits per heavy atom. The van der Waals surface area contributed by atoms with Crippen LogP contribution in [0, 0.1) is 0 Å². The molecule has 0 spiro atoms. The average Bonchev–Trinajstić information content (AvgIpc) is 3.27. The Hall–Kier alpha value is -2.54. The molecular weight excluding hydrogens is 392 g/mol. The molecule has 0 aliphatic carbocycles. The molecule has 1 unspecified atom stereocenters. The number of benzene rings is 2. The predicted molar refractivity (Wildman–Crippen MR) is 114 cm³/mol. The monoisotopic (exact) mass is 416 g/mol. The first kappa shape index (κ1) is 21.2. The van der Waals surface area contributed by atoms with Gasteiger partial charge in [0.1, 0.15) is 18.5 Å². The van der Waals surface area contributed by atoms with Gasteiger partial charge in [0.25, 0.3) is 5.91 Å². The lowest BCUT2D eigenvalue weighted by atomic mass is 10.1. The molecule has 3 aromatic rings. The number of amides is 1. The SMILES string of the molecule is Cl.O=C(c1ccco1)N1CCN(CC(O)COc2cccc3ccccc23)CC1. The summed E-state index contributed by atoms with van der Waals surface area (Å²) in [6, 6.07) is 17.4. The Labute approximate surface area is 176 Å². The van der Waals surface area contributed by atoms with Crippen LogP contribution in [-0.2, 0) is 0 Å². The molecule has 2 aromatic carbocycles. The van der Waals surface area contributed by atoms with Gasteiger partial charge in [0.2, 0.25) is 0 Å². The molecule has 4 rings (SSSR count). The summed E-state index contributed by atoms with van der Waals surface area (Å²) in [6.07, 6.45) is 0.918. The Balaban J connectivity index is 0.00000240. The minimum Gasteiger partial charge on any atom is -0.490 e. The first-order valence-electron chi connectivity index (χ1n) is 9.54. The van der Waals surface area contributed by atoms with Crippen molar-refractivity contribution in [3.8, 4) is 5.75 Å². The van der Waals surface area contributed by atoms with Crippen LogP contribution in [0.1, 0.15) is 10.6 Å². The van der Waals surface area contributed by atoms with E-state index in [1.165, 1.54) is 6.26 Å². The zero-order valence-electron chi connectivity index (χ0n) is 16.1. The summed E-state index contributed by atoms with van der Waals surface area (Å²) in [4.78, 5) is 16.2. The van der Waals surface area contributed by atoms with E-state index in [9.17, 15) is 9.90 Å². The van der Waals surface area contributed by atoms with Crippen molar-refractivity contribution in [1.29, 1.82) is 0 Å². The number of rotatable bonds is 6. The van der Waals surface area contributed by atoms with Crippen molar-refractivity contribution in [2.45, 2.75) is 6.10 Å². The standard InChI is InChI=1S/C22H24N2O4.ClH/c25-18(16-28-20-8-3-6-17-5-1-2-7-19(17)20)15-23-10-12-24(13-11-23)22(26)21-9-4-14-27-21;/h1-9,14,18,25H,10-13,15-16H2;1H. The number of aliphatic hydroxyl groups is 1. The van der Waals surface area contributed by atoms with E-state index in [2.05, 4.69) is 4.90 Å². The fourth-order valence-electron chi connectivity index (χ4n) is 3.55. The van der Waals surface area contributed by atoms with Crippen molar-refractivity contribution >= 4 is 29.1 Å². The number of nitrogens with zero attached hydrogens (tertiary/aromatic N) is 2. The third-order valence-electron chi connectivity index (χ3n) is 5.04. The van der Waals surface area contributed by atoms with E-state index < -0.39 is 6.10 Å². The van der Waals surface area contributed by atoms with Crippen LogP contribution in [0.3, 0.4) is 0 Å². The van der Waals surface area contributed by atoms with E-state index in [1.54, 1.807) is 17.0 Å².